The number of carbonyl (C=O) groups excluding carboxylic acids is 1. The van der Waals surface area contributed by atoms with Crippen molar-refractivity contribution in [3.8, 4) is 0 Å². The van der Waals surface area contributed by atoms with E-state index in [1.807, 2.05) is 30.5 Å². The first kappa shape index (κ1) is 14.6. The summed E-state index contributed by atoms with van der Waals surface area (Å²) in [5.74, 6) is -1.11. The van der Waals surface area contributed by atoms with Crippen LogP contribution >= 0.6 is 0 Å². The zero-order valence-electron chi connectivity index (χ0n) is 12.3. The van der Waals surface area contributed by atoms with Crippen LogP contribution in [-0.2, 0) is 20.7 Å². The van der Waals surface area contributed by atoms with Gasteiger partial charge in [0.25, 0.3) is 0 Å². The largest absolute Gasteiger partial charge is 0.479 e. The molecule has 1 aromatic carbocycles. The monoisotopic (exact) mass is 302 g/mol. The summed E-state index contributed by atoms with van der Waals surface area (Å²) in [6, 6.07) is 7.80. The number of nitrogens with zero attached hydrogens (tertiary/aromatic N) is 1. The van der Waals surface area contributed by atoms with Crippen molar-refractivity contribution in [3.63, 3.8) is 0 Å². The summed E-state index contributed by atoms with van der Waals surface area (Å²) >= 11 is 0. The molecule has 2 atom stereocenters. The number of ether oxygens (including phenoxy) is 1. The summed E-state index contributed by atoms with van der Waals surface area (Å²) in [6.45, 7) is 2.30. The number of carbonyl (C=O) groups is 2. The van der Waals surface area contributed by atoms with Gasteiger partial charge in [-0.15, -0.1) is 0 Å². The lowest BCUT2D eigenvalue weighted by atomic mass is 10.1. The molecule has 3 rings (SSSR count). The summed E-state index contributed by atoms with van der Waals surface area (Å²) in [6.07, 6.45) is 0.863. The molecule has 6 nitrogen and oxygen atoms in total. The highest BCUT2D eigenvalue weighted by Crippen LogP contribution is 2.20. The molecule has 0 radical (unpaired) electrons. The summed E-state index contributed by atoms with van der Waals surface area (Å²) in [4.78, 5) is 28.3. The van der Waals surface area contributed by atoms with Crippen molar-refractivity contribution >= 4 is 22.8 Å². The van der Waals surface area contributed by atoms with Crippen LogP contribution in [0.25, 0.3) is 10.9 Å². The highest BCUT2D eigenvalue weighted by Gasteiger charge is 2.32. The second-order valence-corrected chi connectivity index (χ2v) is 5.61. The number of nitrogens with one attached hydrogen (secondary N) is 1. The molecule has 1 aliphatic heterocycles. The van der Waals surface area contributed by atoms with E-state index in [0.29, 0.717) is 6.54 Å². The molecule has 0 bridgehead atoms. The van der Waals surface area contributed by atoms with E-state index in [2.05, 4.69) is 4.98 Å². The van der Waals surface area contributed by atoms with Crippen molar-refractivity contribution in [2.24, 2.45) is 0 Å². The van der Waals surface area contributed by atoms with E-state index in [1.54, 1.807) is 11.8 Å². The highest BCUT2D eigenvalue weighted by molar-refractivity contribution is 5.89. The van der Waals surface area contributed by atoms with Gasteiger partial charge in [-0.25, -0.2) is 4.79 Å². The number of rotatable bonds is 3. The number of amides is 1. The predicted octanol–water partition coefficient (Wildman–Crippen LogP) is 1.41. The SMILES string of the molecule is C[C@@H]1CN(C(=O)Cc2c[nH]c3ccccc23)CC(C(=O)O)O1. The van der Waals surface area contributed by atoms with Crippen LogP contribution in [0.2, 0.25) is 0 Å². The Bertz CT molecular complexity index is 709. The van der Waals surface area contributed by atoms with Gasteiger partial charge in [0.1, 0.15) is 0 Å². The van der Waals surface area contributed by atoms with Crippen LogP contribution in [-0.4, -0.2) is 52.2 Å². The summed E-state index contributed by atoms with van der Waals surface area (Å²) in [5, 5.41) is 10.1. The predicted molar refractivity (Wildman–Crippen MR) is 80.6 cm³/mol. The van der Waals surface area contributed by atoms with E-state index in [-0.39, 0.29) is 25.0 Å². The van der Waals surface area contributed by atoms with E-state index in [4.69, 9.17) is 9.84 Å². The van der Waals surface area contributed by atoms with E-state index >= 15 is 0 Å². The number of morpholine rings is 1. The normalized spacial score (nSPS) is 22.0. The van der Waals surface area contributed by atoms with E-state index < -0.39 is 12.1 Å². The van der Waals surface area contributed by atoms with E-state index in [9.17, 15) is 9.59 Å². The number of carboxylic acid groups (broad SMARTS) is 1. The number of carboxylic acids is 1. The molecular weight excluding hydrogens is 284 g/mol. The molecule has 1 aromatic heterocycles. The van der Waals surface area contributed by atoms with Gasteiger partial charge in [-0.1, -0.05) is 18.2 Å². The van der Waals surface area contributed by atoms with Gasteiger partial charge in [0.05, 0.1) is 19.1 Å². The summed E-state index contributed by atoms with van der Waals surface area (Å²) < 4.78 is 5.33. The maximum absolute atomic E-state index is 12.5. The van der Waals surface area contributed by atoms with Gasteiger partial charge in [0, 0.05) is 23.6 Å². The van der Waals surface area contributed by atoms with Gasteiger partial charge in [-0.3, -0.25) is 4.79 Å². The van der Waals surface area contributed by atoms with Crippen molar-refractivity contribution < 1.29 is 19.4 Å². The molecule has 2 heterocycles. The second kappa shape index (κ2) is 5.81. The number of hydrogen-bond donors (Lipinski definition) is 2. The first-order valence-corrected chi connectivity index (χ1v) is 7.25. The molecule has 6 heteroatoms. The molecular formula is C16H18N2O4. The fraction of sp³-hybridized carbons (Fsp3) is 0.375. The molecule has 2 aromatic rings. The van der Waals surface area contributed by atoms with Gasteiger partial charge < -0.3 is 19.7 Å². The highest BCUT2D eigenvalue weighted by atomic mass is 16.5. The van der Waals surface area contributed by atoms with Crippen molar-refractivity contribution in [1.82, 2.24) is 9.88 Å². The maximum atomic E-state index is 12.5. The smallest absolute Gasteiger partial charge is 0.334 e. The third kappa shape index (κ3) is 2.82. The number of aromatic nitrogens is 1. The Hall–Kier alpha value is -2.34. The zero-order valence-corrected chi connectivity index (χ0v) is 12.3. The lowest BCUT2D eigenvalue weighted by molar-refractivity contribution is -0.166. The molecule has 0 saturated carbocycles. The van der Waals surface area contributed by atoms with Crippen molar-refractivity contribution in [1.29, 1.82) is 0 Å². The van der Waals surface area contributed by atoms with E-state index in [1.165, 1.54) is 0 Å². The fourth-order valence-corrected chi connectivity index (χ4v) is 2.84. The molecule has 1 saturated heterocycles. The Balaban J connectivity index is 1.75. The standard InChI is InChI=1S/C16H18N2O4/c1-10-8-18(9-14(22-10)16(20)21)15(19)6-11-7-17-13-5-3-2-4-12(11)13/h2-5,7,10,14,17H,6,8-9H2,1H3,(H,20,21)/t10-,14?/m1/s1. The average molecular weight is 302 g/mol. The number of para-hydroxylation sites is 1. The quantitative estimate of drug-likeness (QED) is 0.898. The van der Waals surface area contributed by atoms with Gasteiger partial charge >= 0.3 is 5.97 Å². The van der Waals surface area contributed by atoms with Crippen LogP contribution in [0, 0.1) is 0 Å². The second-order valence-electron chi connectivity index (χ2n) is 5.61. The Kier molecular flexibility index (Phi) is 3.85. The molecule has 2 N–H and O–H groups in total. The molecule has 1 amide bonds. The summed E-state index contributed by atoms with van der Waals surface area (Å²) in [5.41, 5.74) is 1.91. The fourth-order valence-electron chi connectivity index (χ4n) is 2.84. The molecule has 1 fully saturated rings. The van der Waals surface area contributed by atoms with E-state index in [0.717, 1.165) is 16.5 Å². The maximum Gasteiger partial charge on any atom is 0.334 e. The third-order valence-electron chi connectivity index (χ3n) is 3.91. The van der Waals surface area contributed by atoms with Gasteiger partial charge in [0.2, 0.25) is 5.91 Å². The lowest BCUT2D eigenvalue weighted by Gasteiger charge is -2.35. The number of benzene rings is 1. The van der Waals surface area contributed by atoms with Crippen LogP contribution in [0.3, 0.4) is 0 Å². The molecule has 116 valence electrons. The number of aromatic amines is 1. The average Bonchev–Trinajstić information content (AvgIpc) is 2.90. The summed E-state index contributed by atoms with van der Waals surface area (Å²) in [7, 11) is 0. The Labute approximate surface area is 127 Å². The Morgan fingerprint density at radius 1 is 1.36 bits per heavy atom. The molecule has 1 aliphatic rings. The molecule has 0 spiro atoms. The van der Waals surface area contributed by atoms with Crippen molar-refractivity contribution in [3.05, 3.63) is 36.0 Å². The first-order chi connectivity index (χ1) is 10.5. The minimum absolute atomic E-state index is 0.0776. The van der Waals surface area contributed by atoms with Crippen LogP contribution in [0.15, 0.2) is 30.5 Å². The number of H-pyrrole nitrogens is 1. The number of hydrogen-bond acceptors (Lipinski definition) is 3. The molecule has 22 heavy (non-hydrogen) atoms. The number of aliphatic carboxylic acids is 1. The van der Waals surface area contributed by atoms with Crippen molar-refractivity contribution in [2.75, 3.05) is 13.1 Å². The Morgan fingerprint density at radius 3 is 2.91 bits per heavy atom. The van der Waals surface area contributed by atoms with Crippen LogP contribution in [0.4, 0.5) is 0 Å². The zero-order chi connectivity index (χ0) is 15.7. The first-order valence-electron chi connectivity index (χ1n) is 7.25. The molecule has 0 aliphatic carbocycles. The molecule has 1 unspecified atom stereocenters. The van der Waals surface area contributed by atoms with Gasteiger partial charge in [-0.2, -0.15) is 0 Å². The minimum Gasteiger partial charge on any atom is -0.479 e. The van der Waals surface area contributed by atoms with Gasteiger partial charge in [-0.05, 0) is 18.6 Å². The minimum atomic E-state index is -1.03. The number of fused-ring (bicyclic) bond motifs is 1. The Morgan fingerprint density at radius 2 is 2.14 bits per heavy atom. The van der Waals surface area contributed by atoms with Crippen LogP contribution in [0.1, 0.15) is 12.5 Å². The van der Waals surface area contributed by atoms with Crippen LogP contribution in [0.5, 0.6) is 0 Å². The lowest BCUT2D eigenvalue weighted by Crippen LogP contribution is -2.52. The topological polar surface area (TPSA) is 82.6 Å². The van der Waals surface area contributed by atoms with Crippen molar-refractivity contribution in [2.45, 2.75) is 25.6 Å². The van der Waals surface area contributed by atoms with Gasteiger partial charge in [0.15, 0.2) is 6.10 Å². The third-order valence-corrected chi connectivity index (χ3v) is 3.91. The van der Waals surface area contributed by atoms with Crippen LogP contribution < -0.4 is 0 Å².